The van der Waals surface area contributed by atoms with Crippen LogP contribution in [0.25, 0.3) is 0 Å². The third-order valence-corrected chi connectivity index (χ3v) is 4.02. The normalized spacial score (nSPS) is 18.4. The topological polar surface area (TPSA) is 32.5 Å². The molecule has 1 heterocycles. The van der Waals surface area contributed by atoms with Gasteiger partial charge in [-0.2, -0.15) is 0 Å². The highest BCUT2D eigenvalue weighted by Gasteiger charge is 2.20. The van der Waals surface area contributed by atoms with Gasteiger partial charge in [0.15, 0.2) is 0 Å². The van der Waals surface area contributed by atoms with Gasteiger partial charge in [-0.05, 0) is 63.8 Å². The third kappa shape index (κ3) is 3.37. The molecule has 1 aromatic carbocycles. The SMILES string of the molecule is CN(C)C1CCN(Cc2cc(Cl)ccc2N)CC1. The van der Waals surface area contributed by atoms with Crippen molar-refractivity contribution < 1.29 is 0 Å². The molecule has 0 atom stereocenters. The van der Waals surface area contributed by atoms with Gasteiger partial charge < -0.3 is 10.6 Å². The lowest BCUT2D eigenvalue weighted by Gasteiger charge is -2.35. The number of hydrogen-bond acceptors (Lipinski definition) is 3. The fourth-order valence-corrected chi connectivity index (χ4v) is 2.74. The molecule has 0 amide bonds. The Bertz CT molecular complexity index is 398. The van der Waals surface area contributed by atoms with Crippen LogP contribution in [0.3, 0.4) is 0 Å². The van der Waals surface area contributed by atoms with Gasteiger partial charge in [0, 0.05) is 23.3 Å². The van der Waals surface area contributed by atoms with Crippen molar-refractivity contribution in [3.05, 3.63) is 28.8 Å². The summed E-state index contributed by atoms with van der Waals surface area (Å²) >= 11 is 6.02. The number of rotatable bonds is 3. The Hall–Kier alpha value is -0.770. The van der Waals surface area contributed by atoms with Gasteiger partial charge in [-0.3, -0.25) is 4.90 Å². The van der Waals surface area contributed by atoms with Gasteiger partial charge in [0.1, 0.15) is 0 Å². The van der Waals surface area contributed by atoms with Crippen molar-refractivity contribution in [2.75, 3.05) is 32.9 Å². The molecule has 1 saturated heterocycles. The predicted octanol–water partition coefficient (Wildman–Crippen LogP) is 2.45. The number of likely N-dealkylation sites (tertiary alicyclic amines) is 1. The predicted molar refractivity (Wildman–Crippen MR) is 77.9 cm³/mol. The van der Waals surface area contributed by atoms with Crippen LogP contribution in [0.2, 0.25) is 5.02 Å². The minimum absolute atomic E-state index is 0.720. The highest BCUT2D eigenvalue weighted by molar-refractivity contribution is 6.30. The van der Waals surface area contributed by atoms with Crippen LogP contribution in [0, 0.1) is 0 Å². The first-order chi connectivity index (χ1) is 8.56. The van der Waals surface area contributed by atoms with E-state index in [1.807, 2.05) is 18.2 Å². The second kappa shape index (κ2) is 5.91. The van der Waals surface area contributed by atoms with E-state index in [0.29, 0.717) is 0 Å². The molecule has 0 aliphatic carbocycles. The molecular weight excluding hydrogens is 246 g/mol. The van der Waals surface area contributed by atoms with Gasteiger partial charge in [-0.25, -0.2) is 0 Å². The van der Waals surface area contributed by atoms with Gasteiger partial charge in [-0.15, -0.1) is 0 Å². The maximum atomic E-state index is 6.02. The van der Waals surface area contributed by atoms with Crippen molar-refractivity contribution in [1.82, 2.24) is 9.80 Å². The summed E-state index contributed by atoms with van der Waals surface area (Å²) in [5.74, 6) is 0. The van der Waals surface area contributed by atoms with Gasteiger partial charge in [-0.1, -0.05) is 11.6 Å². The third-order valence-electron chi connectivity index (χ3n) is 3.79. The fraction of sp³-hybridized carbons (Fsp3) is 0.571. The molecule has 100 valence electrons. The van der Waals surface area contributed by atoms with Crippen molar-refractivity contribution in [3.63, 3.8) is 0 Å². The molecule has 4 heteroatoms. The Morgan fingerprint density at radius 2 is 2.00 bits per heavy atom. The zero-order valence-electron chi connectivity index (χ0n) is 11.2. The maximum Gasteiger partial charge on any atom is 0.0410 e. The molecule has 1 aromatic rings. The Morgan fingerprint density at radius 3 is 2.61 bits per heavy atom. The quantitative estimate of drug-likeness (QED) is 0.854. The second-order valence-electron chi connectivity index (χ2n) is 5.31. The number of nitrogens with two attached hydrogens (primary N) is 1. The molecule has 1 aliphatic heterocycles. The van der Waals surface area contributed by atoms with Gasteiger partial charge >= 0.3 is 0 Å². The summed E-state index contributed by atoms with van der Waals surface area (Å²) in [6, 6.07) is 6.44. The summed E-state index contributed by atoms with van der Waals surface area (Å²) in [6.45, 7) is 3.18. The Kier molecular flexibility index (Phi) is 4.49. The van der Waals surface area contributed by atoms with Crippen LogP contribution in [-0.2, 0) is 6.54 Å². The molecule has 0 aromatic heterocycles. The number of halogens is 1. The van der Waals surface area contributed by atoms with Crippen LogP contribution in [0.5, 0.6) is 0 Å². The summed E-state index contributed by atoms with van der Waals surface area (Å²) in [4.78, 5) is 4.78. The number of nitrogens with zero attached hydrogens (tertiary/aromatic N) is 2. The van der Waals surface area contributed by atoms with E-state index in [1.54, 1.807) is 0 Å². The van der Waals surface area contributed by atoms with Crippen LogP contribution in [-0.4, -0.2) is 43.0 Å². The fourth-order valence-electron chi connectivity index (χ4n) is 2.55. The van der Waals surface area contributed by atoms with Crippen molar-refractivity contribution in [2.45, 2.75) is 25.4 Å². The zero-order chi connectivity index (χ0) is 13.1. The molecule has 3 nitrogen and oxygen atoms in total. The van der Waals surface area contributed by atoms with Crippen molar-refractivity contribution >= 4 is 17.3 Å². The van der Waals surface area contributed by atoms with Gasteiger partial charge in [0.25, 0.3) is 0 Å². The highest BCUT2D eigenvalue weighted by atomic mass is 35.5. The van der Waals surface area contributed by atoms with Crippen LogP contribution in [0.1, 0.15) is 18.4 Å². The lowest BCUT2D eigenvalue weighted by molar-refractivity contribution is 0.140. The van der Waals surface area contributed by atoms with Crippen LogP contribution >= 0.6 is 11.6 Å². The molecule has 1 aliphatic rings. The monoisotopic (exact) mass is 267 g/mol. The number of hydrogen-bond donors (Lipinski definition) is 1. The second-order valence-corrected chi connectivity index (χ2v) is 5.75. The summed E-state index contributed by atoms with van der Waals surface area (Å²) in [5, 5.41) is 0.766. The Morgan fingerprint density at radius 1 is 1.33 bits per heavy atom. The molecule has 2 N–H and O–H groups in total. The van der Waals surface area contributed by atoms with E-state index in [1.165, 1.54) is 12.8 Å². The molecule has 18 heavy (non-hydrogen) atoms. The first-order valence-corrected chi connectivity index (χ1v) is 6.87. The first kappa shape index (κ1) is 13.7. The van der Waals surface area contributed by atoms with E-state index in [9.17, 15) is 0 Å². The molecule has 0 bridgehead atoms. The van der Waals surface area contributed by atoms with E-state index in [-0.39, 0.29) is 0 Å². The Labute approximate surface area is 115 Å². The number of benzene rings is 1. The van der Waals surface area contributed by atoms with Crippen molar-refractivity contribution in [3.8, 4) is 0 Å². The largest absolute Gasteiger partial charge is 0.398 e. The van der Waals surface area contributed by atoms with E-state index >= 15 is 0 Å². The van der Waals surface area contributed by atoms with Gasteiger partial charge in [0.05, 0.1) is 0 Å². The van der Waals surface area contributed by atoms with E-state index in [2.05, 4.69) is 23.9 Å². The number of piperidine rings is 1. The summed E-state index contributed by atoms with van der Waals surface area (Å²) in [6.07, 6.45) is 2.46. The Balaban J connectivity index is 1.93. The molecular formula is C14H22ClN3. The minimum Gasteiger partial charge on any atom is -0.398 e. The average molecular weight is 268 g/mol. The smallest absolute Gasteiger partial charge is 0.0410 e. The minimum atomic E-state index is 0.720. The molecule has 0 unspecified atom stereocenters. The molecule has 0 spiro atoms. The summed E-state index contributed by atoms with van der Waals surface area (Å²) in [7, 11) is 4.32. The highest BCUT2D eigenvalue weighted by Crippen LogP contribution is 2.22. The standard InChI is InChI=1S/C14H22ClN3/c1-17(2)13-5-7-18(8-6-13)10-11-9-12(15)3-4-14(11)16/h3-4,9,13H,5-8,10,16H2,1-2H3. The summed E-state index contributed by atoms with van der Waals surface area (Å²) in [5.41, 5.74) is 7.97. The van der Waals surface area contributed by atoms with Crippen LogP contribution in [0.15, 0.2) is 18.2 Å². The molecule has 2 rings (SSSR count). The van der Waals surface area contributed by atoms with Crippen LogP contribution in [0.4, 0.5) is 5.69 Å². The molecule has 1 fully saturated rings. The van der Waals surface area contributed by atoms with Crippen molar-refractivity contribution in [2.24, 2.45) is 0 Å². The first-order valence-electron chi connectivity index (χ1n) is 6.49. The molecule has 0 saturated carbocycles. The lowest BCUT2D eigenvalue weighted by atomic mass is 10.0. The van der Waals surface area contributed by atoms with E-state index < -0.39 is 0 Å². The maximum absolute atomic E-state index is 6.02. The number of anilines is 1. The summed E-state index contributed by atoms with van der Waals surface area (Å²) < 4.78 is 0. The van der Waals surface area contributed by atoms with Gasteiger partial charge in [0.2, 0.25) is 0 Å². The van der Waals surface area contributed by atoms with E-state index in [0.717, 1.165) is 41.9 Å². The van der Waals surface area contributed by atoms with Crippen molar-refractivity contribution in [1.29, 1.82) is 0 Å². The van der Waals surface area contributed by atoms with E-state index in [4.69, 9.17) is 17.3 Å². The zero-order valence-corrected chi connectivity index (χ0v) is 12.0. The lowest BCUT2D eigenvalue weighted by Crippen LogP contribution is -2.41. The molecule has 0 radical (unpaired) electrons. The average Bonchev–Trinajstić information content (AvgIpc) is 2.34. The number of nitrogen functional groups attached to an aromatic ring is 1. The van der Waals surface area contributed by atoms with Crippen LogP contribution < -0.4 is 5.73 Å².